The normalized spacial score (nSPS) is 12.5. The van der Waals surface area contributed by atoms with Crippen LogP contribution in [0.15, 0.2) is 41.1 Å². The van der Waals surface area contributed by atoms with E-state index < -0.39 is 21.8 Å². The first-order chi connectivity index (χ1) is 10.3. The van der Waals surface area contributed by atoms with Crippen LogP contribution in [0, 0.1) is 0 Å². The Bertz CT molecular complexity index is 693. The number of nitrogens with one attached hydrogen (secondary N) is 1. The largest absolute Gasteiger partial charge is 0.416 e. The third-order valence-corrected chi connectivity index (χ3v) is 5.04. The summed E-state index contributed by atoms with van der Waals surface area (Å²) in [5.74, 6) is -0.339. The van der Waals surface area contributed by atoms with Crippen LogP contribution in [0.3, 0.4) is 0 Å². The lowest BCUT2D eigenvalue weighted by atomic mass is 10.1. The summed E-state index contributed by atoms with van der Waals surface area (Å²) in [6.45, 7) is 0.264. The van der Waals surface area contributed by atoms with Crippen LogP contribution in [0.1, 0.15) is 16.7 Å². The first kappa shape index (κ1) is 17.0. The highest BCUT2D eigenvalue weighted by atomic mass is 32.2. The fraction of sp³-hybridized carbons (Fsp3) is 0.286. The van der Waals surface area contributed by atoms with E-state index in [2.05, 4.69) is 4.72 Å². The van der Waals surface area contributed by atoms with Crippen LogP contribution in [0.25, 0.3) is 0 Å². The first-order valence-corrected chi connectivity index (χ1v) is 9.00. The second-order valence-corrected chi connectivity index (χ2v) is 7.32. The average Bonchev–Trinajstić information content (AvgIpc) is 2.90. The van der Waals surface area contributed by atoms with E-state index in [4.69, 9.17) is 0 Å². The molecule has 3 nitrogen and oxygen atoms in total. The van der Waals surface area contributed by atoms with Gasteiger partial charge in [-0.3, -0.25) is 0 Å². The molecule has 1 N–H and O–H groups in total. The Morgan fingerprint density at radius 2 is 1.73 bits per heavy atom. The van der Waals surface area contributed by atoms with E-state index in [9.17, 15) is 21.6 Å². The number of benzene rings is 1. The molecule has 0 fully saturated rings. The molecule has 1 heterocycles. The SMILES string of the molecule is O=S(=O)(Cc1ccc(C(F)(F)F)cc1)NCCc1ccsc1. The summed E-state index contributed by atoms with van der Waals surface area (Å²) < 4.78 is 63.5. The second-order valence-electron chi connectivity index (χ2n) is 4.73. The summed E-state index contributed by atoms with van der Waals surface area (Å²) in [6.07, 6.45) is -3.84. The van der Waals surface area contributed by atoms with Crippen LogP contribution < -0.4 is 4.72 Å². The molecule has 22 heavy (non-hydrogen) atoms. The fourth-order valence-electron chi connectivity index (χ4n) is 1.85. The van der Waals surface area contributed by atoms with E-state index in [-0.39, 0.29) is 12.3 Å². The van der Waals surface area contributed by atoms with Gasteiger partial charge in [0.15, 0.2) is 0 Å². The Labute approximate surface area is 130 Å². The first-order valence-electron chi connectivity index (χ1n) is 6.41. The van der Waals surface area contributed by atoms with Crippen molar-refractivity contribution in [2.45, 2.75) is 18.3 Å². The number of alkyl halides is 3. The Hall–Kier alpha value is -1.38. The third-order valence-electron chi connectivity index (χ3n) is 2.95. The highest BCUT2D eigenvalue weighted by Gasteiger charge is 2.30. The maximum Gasteiger partial charge on any atom is 0.416 e. The third kappa shape index (κ3) is 5.11. The zero-order valence-corrected chi connectivity index (χ0v) is 13.1. The Morgan fingerprint density at radius 1 is 1.05 bits per heavy atom. The summed E-state index contributed by atoms with van der Waals surface area (Å²) in [5, 5.41) is 3.84. The van der Waals surface area contributed by atoms with E-state index in [0.29, 0.717) is 12.0 Å². The molecule has 0 saturated heterocycles. The molecule has 0 spiro atoms. The van der Waals surface area contributed by atoms with Crippen LogP contribution in [-0.4, -0.2) is 15.0 Å². The second kappa shape index (κ2) is 6.80. The minimum absolute atomic E-state index is 0.264. The van der Waals surface area contributed by atoms with E-state index in [1.165, 1.54) is 23.5 Å². The molecule has 1 aromatic carbocycles. The van der Waals surface area contributed by atoms with Crippen LogP contribution in [0.5, 0.6) is 0 Å². The minimum atomic E-state index is -4.42. The molecule has 0 aliphatic heterocycles. The molecule has 0 saturated carbocycles. The molecule has 0 atom stereocenters. The monoisotopic (exact) mass is 349 g/mol. The zero-order valence-electron chi connectivity index (χ0n) is 11.4. The van der Waals surface area contributed by atoms with Crippen LogP contribution in [0.4, 0.5) is 13.2 Å². The van der Waals surface area contributed by atoms with Gasteiger partial charge in [0.05, 0.1) is 11.3 Å². The minimum Gasteiger partial charge on any atom is -0.215 e. The molecule has 0 aliphatic carbocycles. The highest BCUT2D eigenvalue weighted by Crippen LogP contribution is 2.29. The Morgan fingerprint density at radius 3 is 2.27 bits per heavy atom. The lowest BCUT2D eigenvalue weighted by Gasteiger charge is -2.09. The fourth-order valence-corrected chi connectivity index (χ4v) is 3.70. The topological polar surface area (TPSA) is 46.2 Å². The van der Waals surface area contributed by atoms with E-state index >= 15 is 0 Å². The summed E-state index contributed by atoms with van der Waals surface area (Å²) in [5.41, 5.74) is 0.567. The molecule has 8 heteroatoms. The quantitative estimate of drug-likeness (QED) is 0.868. The standard InChI is InChI=1S/C14H14F3NO2S2/c15-14(16,17)13-3-1-12(2-4-13)10-22(19,20)18-7-5-11-6-8-21-9-11/h1-4,6,8-9,18H,5,7,10H2. The van der Waals surface area contributed by atoms with Gasteiger partial charge in [0, 0.05) is 6.54 Å². The molecule has 0 aliphatic rings. The van der Waals surface area contributed by atoms with Gasteiger partial charge in [-0.25, -0.2) is 13.1 Å². The van der Waals surface area contributed by atoms with Gasteiger partial charge in [-0.05, 0) is 46.5 Å². The Balaban J connectivity index is 1.91. The summed E-state index contributed by atoms with van der Waals surface area (Å²) in [4.78, 5) is 0. The summed E-state index contributed by atoms with van der Waals surface area (Å²) >= 11 is 1.53. The number of hydrogen-bond donors (Lipinski definition) is 1. The van der Waals surface area contributed by atoms with Crippen molar-refractivity contribution in [1.29, 1.82) is 0 Å². The number of hydrogen-bond acceptors (Lipinski definition) is 3. The van der Waals surface area contributed by atoms with Crippen LogP contribution in [-0.2, 0) is 28.4 Å². The lowest BCUT2D eigenvalue weighted by molar-refractivity contribution is -0.137. The molecule has 2 rings (SSSR count). The van der Waals surface area contributed by atoms with Gasteiger partial charge in [0.1, 0.15) is 0 Å². The smallest absolute Gasteiger partial charge is 0.215 e. The predicted molar refractivity (Wildman–Crippen MR) is 80.1 cm³/mol. The molecular formula is C14H14F3NO2S2. The molecule has 0 unspecified atom stereocenters. The predicted octanol–water partition coefficient (Wildman–Crippen LogP) is 3.43. The van der Waals surface area contributed by atoms with Crippen molar-refractivity contribution in [2.75, 3.05) is 6.54 Å². The molecule has 0 bridgehead atoms. The van der Waals surface area contributed by atoms with Gasteiger partial charge >= 0.3 is 6.18 Å². The van der Waals surface area contributed by atoms with Crippen molar-refractivity contribution in [3.63, 3.8) is 0 Å². The Kier molecular flexibility index (Phi) is 5.25. The molecule has 2 aromatic rings. The molecule has 0 radical (unpaired) electrons. The van der Waals surface area contributed by atoms with Gasteiger partial charge < -0.3 is 0 Å². The van der Waals surface area contributed by atoms with Gasteiger partial charge in [-0.15, -0.1) is 0 Å². The van der Waals surface area contributed by atoms with Crippen molar-refractivity contribution >= 4 is 21.4 Å². The van der Waals surface area contributed by atoms with E-state index in [0.717, 1.165) is 17.7 Å². The lowest BCUT2D eigenvalue weighted by Crippen LogP contribution is -2.27. The molecule has 1 aromatic heterocycles. The number of rotatable bonds is 6. The van der Waals surface area contributed by atoms with E-state index in [1.54, 1.807) is 0 Å². The average molecular weight is 349 g/mol. The number of thiophene rings is 1. The van der Waals surface area contributed by atoms with Crippen molar-refractivity contribution in [1.82, 2.24) is 4.72 Å². The maximum atomic E-state index is 12.4. The zero-order chi connectivity index (χ0) is 16.2. The molecule has 120 valence electrons. The van der Waals surface area contributed by atoms with Crippen LogP contribution in [0.2, 0.25) is 0 Å². The highest BCUT2D eigenvalue weighted by molar-refractivity contribution is 7.88. The van der Waals surface area contributed by atoms with Crippen LogP contribution >= 0.6 is 11.3 Å². The number of sulfonamides is 1. The summed E-state index contributed by atoms with van der Waals surface area (Å²) in [6, 6.07) is 6.04. The summed E-state index contributed by atoms with van der Waals surface area (Å²) in [7, 11) is -3.56. The van der Waals surface area contributed by atoms with Gasteiger partial charge in [0.2, 0.25) is 10.0 Å². The van der Waals surface area contributed by atoms with Crippen molar-refractivity contribution < 1.29 is 21.6 Å². The van der Waals surface area contributed by atoms with E-state index in [1.807, 2.05) is 16.8 Å². The van der Waals surface area contributed by atoms with Crippen molar-refractivity contribution in [3.8, 4) is 0 Å². The van der Waals surface area contributed by atoms with Crippen molar-refractivity contribution in [3.05, 3.63) is 57.8 Å². The maximum absolute atomic E-state index is 12.4. The molecular weight excluding hydrogens is 335 g/mol. The van der Waals surface area contributed by atoms with Gasteiger partial charge in [-0.1, -0.05) is 12.1 Å². The van der Waals surface area contributed by atoms with Crippen molar-refractivity contribution in [2.24, 2.45) is 0 Å². The number of halogens is 3. The van der Waals surface area contributed by atoms with Gasteiger partial charge in [0.25, 0.3) is 0 Å². The van der Waals surface area contributed by atoms with Gasteiger partial charge in [-0.2, -0.15) is 24.5 Å². The molecule has 0 amide bonds.